The maximum absolute atomic E-state index is 12.3. The lowest BCUT2D eigenvalue weighted by molar-refractivity contribution is -0.116. The van der Waals surface area contributed by atoms with E-state index < -0.39 is 10.0 Å². The molecule has 0 saturated carbocycles. The van der Waals surface area contributed by atoms with Crippen LogP contribution in [0.1, 0.15) is 43.2 Å². The number of nitrogens with one attached hydrogen (secondary N) is 2. The molecule has 8 nitrogen and oxygen atoms in total. The minimum atomic E-state index is -3.43. The van der Waals surface area contributed by atoms with Crippen molar-refractivity contribution in [1.82, 2.24) is 14.9 Å². The summed E-state index contributed by atoms with van der Waals surface area (Å²) in [6, 6.07) is 14.7. The van der Waals surface area contributed by atoms with Crippen LogP contribution in [0.3, 0.4) is 0 Å². The fraction of sp³-hybridized carbons (Fsp3) is 0.292. The molecule has 0 saturated heterocycles. The second-order valence-electron chi connectivity index (χ2n) is 7.93. The number of rotatable bonds is 11. The maximum atomic E-state index is 12.3. The van der Waals surface area contributed by atoms with E-state index in [1.165, 1.54) is 11.6 Å². The average Bonchev–Trinajstić information content (AvgIpc) is 3.27. The van der Waals surface area contributed by atoms with E-state index in [0.29, 0.717) is 35.3 Å². The Morgan fingerprint density at radius 1 is 1.12 bits per heavy atom. The van der Waals surface area contributed by atoms with Crippen molar-refractivity contribution in [2.75, 3.05) is 11.9 Å². The number of hydrogen-bond acceptors (Lipinski definition) is 6. The predicted molar refractivity (Wildman–Crippen MR) is 128 cm³/mol. The molecular formula is C24H28N4O4S. The highest BCUT2D eigenvalue weighted by Crippen LogP contribution is 2.21. The number of amides is 1. The zero-order chi connectivity index (χ0) is 23.8. The van der Waals surface area contributed by atoms with Crippen molar-refractivity contribution in [2.45, 2.75) is 38.4 Å². The molecule has 2 aromatic carbocycles. The van der Waals surface area contributed by atoms with E-state index in [0.717, 1.165) is 5.56 Å². The van der Waals surface area contributed by atoms with Crippen LogP contribution in [0, 0.1) is 0 Å². The van der Waals surface area contributed by atoms with Crippen molar-refractivity contribution in [3.63, 3.8) is 0 Å². The highest BCUT2D eigenvalue weighted by atomic mass is 32.2. The third-order valence-electron chi connectivity index (χ3n) is 4.91. The predicted octanol–water partition coefficient (Wildman–Crippen LogP) is 4.04. The molecule has 3 rings (SSSR count). The second kappa shape index (κ2) is 11.0. The van der Waals surface area contributed by atoms with Crippen LogP contribution in [-0.4, -0.2) is 31.0 Å². The molecule has 0 fully saturated rings. The van der Waals surface area contributed by atoms with Crippen molar-refractivity contribution < 1.29 is 17.7 Å². The number of anilines is 1. The third kappa shape index (κ3) is 7.37. The molecule has 3 aromatic rings. The summed E-state index contributed by atoms with van der Waals surface area (Å²) in [4.78, 5) is 16.7. The summed E-state index contributed by atoms with van der Waals surface area (Å²) in [7, 11) is -3.43. The van der Waals surface area contributed by atoms with Crippen LogP contribution in [0.15, 0.2) is 65.7 Å². The zero-order valence-electron chi connectivity index (χ0n) is 18.7. The smallest absolute Gasteiger partial charge is 0.227 e. The summed E-state index contributed by atoms with van der Waals surface area (Å²) >= 11 is 0. The molecule has 0 atom stereocenters. The van der Waals surface area contributed by atoms with Crippen LogP contribution in [-0.2, 0) is 27.0 Å². The van der Waals surface area contributed by atoms with Gasteiger partial charge in [0.2, 0.25) is 27.6 Å². The van der Waals surface area contributed by atoms with E-state index in [9.17, 15) is 13.2 Å². The van der Waals surface area contributed by atoms with Crippen LogP contribution in [0.25, 0.3) is 11.4 Å². The van der Waals surface area contributed by atoms with Crippen molar-refractivity contribution in [2.24, 2.45) is 0 Å². The van der Waals surface area contributed by atoms with Crippen molar-refractivity contribution >= 4 is 21.6 Å². The van der Waals surface area contributed by atoms with E-state index in [1.54, 1.807) is 24.3 Å². The van der Waals surface area contributed by atoms with Gasteiger partial charge < -0.3 is 9.84 Å². The van der Waals surface area contributed by atoms with Gasteiger partial charge in [-0.2, -0.15) is 4.98 Å². The highest BCUT2D eigenvalue weighted by Gasteiger charge is 2.13. The molecule has 1 heterocycles. The Morgan fingerprint density at radius 2 is 1.82 bits per heavy atom. The lowest BCUT2D eigenvalue weighted by Crippen LogP contribution is -2.25. The Balaban J connectivity index is 1.50. The fourth-order valence-corrected chi connectivity index (χ4v) is 4.18. The number of aromatic nitrogens is 2. The Labute approximate surface area is 194 Å². The summed E-state index contributed by atoms with van der Waals surface area (Å²) in [5.41, 5.74) is 3.29. The molecule has 0 spiro atoms. The number of benzene rings is 2. The molecule has 174 valence electrons. The van der Waals surface area contributed by atoms with Gasteiger partial charge in [-0.15, -0.1) is 6.58 Å². The molecule has 0 radical (unpaired) electrons. The van der Waals surface area contributed by atoms with Gasteiger partial charge in [0, 0.05) is 30.6 Å². The van der Waals surface area contributed by atoms with Gasteiger partial charge in [0.25, 0.3) is 0 Å². The minimum absolute atomic E-state index is 0.144. The first-order valence-electron chi connectivity index (χ1n) is 10.7. The van der Waals surface area contributed by atoms with Gasteiger partial charge in [0.1, 0.15) is 0 Å². The first kappa shape index (κ1) is 24.3. The molecule has 1 amide bonds. The van der Waals surface area contributed by atoms with Crippen LogP contribution < -0.4 is 10.0 Å². The first-order chi connectivity index (χ1) is 15.8. The largest absolute Gasteiger partial charge is 0.339 e. The molecule has 0 aliphatic heterocycles. The van der Waals surface area contributed by atoms with E-state index in [2.05, 4.69) is 40.6 Å². The fourth-order valence-electron chi connectivity index (χ4n) is 3.08. The quantitative estimate of drug-likeness (QED) is 0.411. The third-order valence-corrected chi connectivity index (χ3v) is 6.23. The topological polar surface area (TPSA) is 114 Å². The second-order valence-corrected chi connectivity index (χ2v) is 9.74. The van der Waals surface area contributed by atoms with Crippen molar-refractivity contribution in [3.05, 3.63) is 78.2 Å². The number of nitrogens with zero attached hydrogens (tertiary/aromatic N) is 2. The van der Waals surface area contributed by atoms with E-state index in [-0.39, 0.29) is 24.6 Å². The average molecular weight is 469 g/mol. The summed E-state index contributed by atoms with van der Waals surface area (Å²) < 4.78 is 31.6. The Bertz CT molecular complexity index is 1180. The van der Waals surface area contributed by atoms with Gasteiger partial charge in [-0.1, -0.05) is 61.5 Å². The molecule has 33 heavy (non-hydrogen) atoms. The minimum Gasteiger partial charge on any atom is -0.339 e. The van der Waals surface area contributed by atoms with Gasteiger partial charge in [0.05, 0.1) is 5.75 Å². The number of hydrogen-bond donors (Lipinski definition) is 2. The Morgan fingerprint density at radius 3 is 2.45 bits per heavy atom. The lowest BCUT2D eigenvalue weighted by Gasteiger charge is -2.07. The van der Waals surface area contributed by atoms with Gasteiger partial charge in [-0.25, -0.2) is 13.1 Å². The Hall–Kier alpha value is -3.30. The molecule has 1 aromatic heterocycles. The molecule has 0 bridgehead atoms. The normalized spacial score (nSPS) is 11.5. The summed E-state index contributed by atoms with van der Waals surface area (Å²) in [5, 5.41) is 6.79. The van der Waals surface area contributed by atoms with Gasteiger partial charge in [-0.05, 0) is 29.2 Å². The van der Waals surface area contributed by atoms with E-state index in [1.807, 2.05) is 24.3 Å². The number of carbonyl (C=O) groups excluding carboxylic acids is 1. The Kier molecular flexibility index (Phi) is 8.13. The lowest BCUT2D eigenvalue weighted by atomic mass is 10.0. The molecular weight excluding hydrogens is 440 g/mol. The van der Waals surface area contributed by atoms with Gasteiger partial charge >= 0.3 is 0 Å². The SMILES string of the molecule is C=CCNS(=O)(=O)Cc1ccc(NC(=O)CCc2nc(-c3ccc(C(C)C)cc3)no2)cc1. The van der Waals surface area contributed by atoms with Crippen LogP contribution in [0.5, 0.6) is 0 Å². The van der Waals surface area contributed by atoms with Crippen molar-refractivity contribution in [1.29, 1.82) is 0 Å². The molecule has 0 unspecified atom stereocenters. The van der Waals surface area contributed by atoms with Gasteiger partial charge in [-0.3, -0.25) is 4.79 Å². The first-order valence-corrected chi connectivity index (χ1v) is 12.3. The molecule has 2 N–H and O–H groups in total. The van der Waals surface area contributed by atoms with E-state index >= 15 is 0 Å². The molecule has 0 aliphatic carbocycles. The maximum Gasteiger partial charge on any atom is 0.227 e. The summed E-state index contributed by atoms with van der Waals surface area (Å²) in [6.45, 7) is 7.94. The molecule has 9 heteroatoms. The monoisotopic (exact) mass is 468 g/mol. The number of sulfonamides is 1. The summed E-state index contributed by atoms with van der Waals surface area (Å²) in [6.07, 6.45) is 1.97. The number of aryl methyl sites for hydroxylation is 1. The molecule has 0 aliphatic rings. The van der Waals surface area contributed by atoms with Crippen LogP contribution >= 0.6 is 0 Å². The van der Waals surface area contributed by atoms with E-state index in [4.69, 9.17) is 4.52 Å². The standard InChI is InChI=1S/C24H28N4O4S/c1-4-15-25-33(30,31)16-18-5-11-21(12-6-18)26-22(29)13-14-23-27-24(28-32-23)20-9-7-19(8-10-20)17(2)3/h4-12,17,25H,1,13-16H2,2-3H3,(H,26,29). The number of carbonyl (C=O) groups is 1. The van der Waals surface area contributed by atoms with Crippen LogP contribution in [0.4, 0.5) is 5.69 Å². The van der Waals surface area contributed by atoms with Crippen LogP contribution in [0.2, 0.25) is 0 Å². The zero-order valence-corrected chi connectivity index (χ0v) is 19.6. The van der Waals surface area contributed by atoms with Crippen molar-refractivity contribution in [3.8, 4) is 11.4 Å². The van der Waals surface area contributed by atoms with Gasteiger partial charge in [0.15, 0.2) is 0 Å². The highest BCUT2D eigenvalue weighted by molar-refractivity contribution is 7.88. The summed E-state index contributed by atoms with van der Waals surface area (Å²) in [5.74, 6) is 0.981.